The van der Waals surface area contributed by atoms with Crippen molar-refractivity contribution in [3.8, 4) is 6.07 Å². The summed E-state index contributed by atoms with van der Waals surface area (Å²) in [6.07, 6.45) is 3.06. The minimum absolute atomic E-state index is 0.342. The van der Waals surface area contributed by atoms with Gasteiger partial charge in [0.15, 0.2) is 5.69 Å². The van der Waals surface area contributed by atoms with Gasteiger partial charge in [0.05, 0.1) is 12.4 Å². The minimum Gasteiger partial charge on any atom is -0.368 e. The molecule has 0 fully saturated rings. The molecular formula is C11H17N5. The van der Waals surface area contributed by atoms with E-state index in [1.54, 1.807) is 6.20 Å². The second-order valence-corrected chi connectivity index (χ2v) is 3.35. The fourth-order valence-corrected chi connectivity index (χ4v) is 1.36. The number of hydrogen-bond acceptors (Lipinski definition) is 5. The van der Waals surface area contributed by atoms with Crippen molar-refractivity contribution in [2.24, 2.45) is 0 Å². The van der Waals surface area contributed by atoms with E-state index in [2.05, 4.69) is 34.0 Å². The number of nitrogens with one attached hydrogen (secondary N) is 1. The lowest BCUT2D eigenvalue weighted by Gasteiger charge is -2.17. The summed E-state index contributed by atoms with van der Waals surface area (Å²) in [4.78, 5) is 10.3. The normalized spacial score (nSPS) is 10.1. The molecule has 0 atom stereocenters. The van der Waals surface area contributed by atoms with E-state index in [-0.39, 0.29) is 0 Å². The molecule has 0 spiro atoms. The summed E-state index contributed by atoms with van der Waals surface area (Å²) >= 11 is 0. The van der Waals surface area contributed by atoms with Gasteiger partial charge in [0, 0.05) is 13.1 Å². The molecule has 0 amide bonds. The molecule has 0 saturated carbocycles. The maximum absolute atomic E-state index is 8.56. The van der Waals surface area contributed by atoms with Crippen molar-refractivity contribution in [2.45, 2.75) is 13.8 Å². The van der Waals surface area contributed by atoms with Gasteiger partial charge in [-0.3, -0.25) is 0 Å². The minimum atomic E-state index is 0.342. The van der Waals surface area contributed by atoms with Crippen molar-refractivity contribution in [2.75, 3.05) is 31.5 Å². The molecule has 5 heteroatoms. The predicted octanol–water partition coefficient (Wildman–Crippen LogP) is 1.10. The quantitative estimate of drug-likeness (QED) is 0.776. The highest BCUT2D eigenvalue weighted by molar-refractivity contribution is 5.32. The Balaban J connectivity index is 2.34. The van der Waals surface area contributed by atoms with Gasteiger partial charge in [-0.2, -0.15) is 5.26 Å². The summed E-state index contributed by atoms with van der Waals surface area (Å²) in [5.41, 5.74) is 0.342. The third kappa shape index (κ3) is 3.83. The van der Waals surface area contributed by atoms with Crippen LogP contribution in [0.25, 0.3) is 0 Å². The first kappa shape index (κ1) is 12.4. The van der Waals surface area contributed by atoms with Gasteiger partial charge in [-0.05, 0) is 13.1 Å². The first-order chi connectivity index (χ1) is 7.80. The lowest BCUT2D eigenvalue weighted by atomic mass is 10.4. The monoisotopic (exact) mass is 219 g/mol. The number of nitriles is 1. The smallest absolute Gasteiger partial charge is 0.158 e. The summed E-state index contributed by atoms with van der Waals surface area (Å²) in [6.45, 7) is 8.21. The Hall–Kier alpha value is -1.67. The van der Waals surface area contributed by atoms with E-state index in [1.807, 2.05) is 6.07 Å². The van der Waals surface area contributed by atoms with Gasteiger partial charge in [0.1, 0.15) is 11.9 Å². The molecule has 86 valence electrons. The number of nitrogens with zero attached hydrogens (tertiary/aromatic N) is 4. The van der Waals surface area contributed by atoms with Crippen molar-refractivity contribution in [3.63, 3.8) is 0 Å². The topological polar surface area (TPSA) is 64.8 Å². The molecule has 0 bridgehead atoms. The molecule has 0 radical (unpaired) electrons. The van der Waals surface area contributed by atoms with Crippen molar-refractivity contribution in [1.29, 1.82) is 5.26 Å². The van der Waals surface area contributed by atoms with Crippen LogP contribution in [0.4, 0.5) is 5.82 Å². The summed E-state index contributed by atoms with van der Waals surface area (Å²) in [7, 11) is 0. The van der Waals surface area contributed by atoms with Crippen molar-refractivity contribution < 1.29 is 0 Å². The number of rotatable bonds is 6. The van der Waals surface area contributed by atoms with Gasteiger partial charge < -0.3 is 10.2 Å². The summed E-state index contributed by atoms with van der Waals surface area (Å²) in [5, 5.41) is 11.7. The molecule has 1 aromatic heterocycles. The zero-order valence-corrected chi connectivity index (χ0v) is 9.77. The van der Waals surface area contributed by atoms with Gasteiger partial charge >= 0.3 is 0 Å². The molecular weight excluding hydrogens is 202 g/mol. The molecule has 0 aliphatic rings. The highest BCUT2D eigenvalue weighted by Gasteiger charge is 1.99. The second kappa shape index (κ2) is 6.75. The van der Waals surface area contributed by atoms with Crippen molar-refractivity contribution >= 4 is 5.82 Å². The van der Waals surface area contributed by atoms with Crippen LogP contribution in [0, 0.1) is 11.3 Å². The largest absolute Gasteiger partial charge is 0.368 e. The molecule has 1 aromatic rings. The Morgan fingerprint density at radius 3 is 2.56 bits per heavy atom. The highest BCUT2D eigenvalue weighted by Crippen LogP contribution is 1.99. The fraction of sp³-hybridized carbons (Fsp3) is 0.545. The van der Waals surface area contributed by atoms with Crippen LogP contribution in [0.3, 0.4) is 0 Å². The zero-order chi connectivity index (χ0) is 11.8. The lowest BCUT2D eigenvalue weighted by molar-refractivity contribution is 0.316. The Labute approximate surface area is 96.1 Å². The van der Waals surface area contributed by atoms with Crippen LogP contribution in [0.15, 0.2) is 12.4 Å². The fourth-order valence-electron chi connectivity index (χ4n) is 1.36. The van der Waals surface area contributed by atoms with Gasteiger partial charge in [0.2, 0.25) is 0 Å². The number of hydrogen-bond donors (Lipinski definition) is 1. The standard InChI is InChI=1S/C11H17N5/c1-3-16(4-2)6-5-13-11-9-14-10(7-12)8-15-11/h8-9H,3-6H2,1-2H3,(H,13,15). The molecule has 0 aliphatic carbocycles. The lowest BCUT2D eigenvalue weighted by Crippen LogP contribution is -2.28. The van der Waals surface area contributed by atoms with Crippen LogP contribution in [-0.2, 0) is 0 Å². The van der Waals surface area contributed by atoms with E-state index in [0.29, 0.717) is 11.5 Å². The van der Waals surface area contributed by atoms with Crippen LogP contribution < -0.4 is 5.32 Å². The van der Waals surface area contributed by atoms with E-state index >= 15 is 0 Å². The van der Waals surface area contributed by atoms with Gasteiger partial charge in [-0.15, -0.1) is 0 Å². The van der Waals surface area contributed by atoms with Gasteiger partial charge in [0.25, 0.3) is 0 Å². The van der Waals surface area contributed by atoms with Gasteiger partial charge in [-0.1, -0.05) is 13.8 Å². The zero-order valence-electron chi connectivity index (χ0n) is 9.77. The maximum Gasteiger partial charge on any atom is 0.158 e. The van der Waals surface area contributed by atoms with E-state index in [9.17, 15) is 0 Å². The van der Waals surface area contributed by atoms with Crippen LogP contribution >= 0.6 is 0 Å². The van der Waals surface area contributed by atoms with Crippen molar-refractivity contribution in [1.82, 2.24) is 14.9 Å². The molecule has 5 nitrogen and oxygen atoms in total. The Morgan fingerprint density at radius 1 is 1.31 bits per heavy atom. The molecule has 1 N–H and O–H groups in total. The molecule has 0 unspecified atom stereocenters. The van der Waals surface area contributed by atoms with E-state index in [1.165, 1.54) is 6.20 Å². The van der Waals surface area contributed by atoms with Crippen LogP contribution in [0.1, 0.15) is 19.5 Å². The predicted molar refractivity (Wildman–Crippen MR) is 63.0 cm³/mol. The van der Waals surface area contributed by atoms with Crippen LogP contribution in [0.2, 0.25) is 0 Å². The molecule has 0 saturated heterocycles. The summed E-state index contributed by atoms with van der Waals surface area (Å²) in [5.74, 6) is 0.714. The number of likely N-dealkylation sites (N-methyl/N-ethyl adjacent to an activating group) is 1. The summed E-state index contributed by atoms with van der Waals surface area (Å²) < 4.78 is 0. The molecule has 0 aromatic carbocycles. The average molecular weight is 219 g/mol. The molecule has 16 heavy (non-hydrogen) atoms. The maximum atomic E-state index is 8.56. The van der Waals surface area contributed by atoms with Crippen LogP contribution in [0.5, 0.6) is 0 Å². The highest BCUT2D eigenvalue weighted by atomic mass is 15.1. The molecule has 0 aliphatic heterocycles. The SMILES string of the molecule is CCN(CC)CCNc1cnc(C#N)cn1. The van der Waals surface area contributed by atoms with E-state index < -0.39 is 0 Å². The Bertz CT molecular complexity index is 336. The Kier molecular flexibility index (Phi) is 5.23. The number of anilines is 1. The van der Waals surface area contributed by atoms with E-state index in [0.717, 1.165) is 26.2 Å². The average Bonchev–Trinajstić information content (AvgIpc) is 2.35. The number of aromatic nitrogens is 2. The van der Waals surface area contributed by atoms with Gasteiger partial charge in [-0.25, -0.2) is 9.97 Å². The second-order valence-electron chi connectivity index (χ2n) is 3.35. The molecule has 1 rings (SSSR count). The molecule has 1 heterocycles. The Morgan fingerprint density at radius 2 is 2.06 bits per heavy atom. The third-order valence-electron chi connectivity index (χ3n) is 2.39. The van der Waals surface area contributed by atoms with Crippen molar-refractivity contribution in [3.05, 3.63) is 18.1 Å². The van der Waals surface area contributed by atoms with Crippen LogP contribution in [-0.4, -0.2) is 41.0 Å². The summed E-state index contributed by atoms with van der Waals surface area (Å²) in [6, 6.07) is 1.94. The third-order valence-corrected chi connectivity index (χ3v) is 2.39. The first-order valence-electron chi connectivity index (χ1n) is 5.48. The van der Waals surface area contributed by atoms with E-state index in [4.69, 9.17) is 5.26 Å². The first-order valence-corrected chi connectivity index (χ1v) is 5.48.